The number of aliphatic hydroxyl groups is 1. The average Bonchev–Trinajstić information content (AvgIpc) is 2.29. The number of benzene rings is 1. The predicted octanol–water partition coefficient (Wildman–Crippen LogP) is 0.865. The molecule has 0 radical (unpaired) electrons. The summed E-state index contributed by atoms with van der Waals surface area (Å²) in [5.74, 6) is -0.258. The van der Waals surface area contributed by atoms with E-state index in [-0.39, 0.29) is 0 Å². The molecule has 0 amide bonds. The fourth-order valence-corrected chi connectivity index (χ4v) is 2.10. The van der Waals surface area contributed by atoms with Crippen molar-refractivity contribution < 1.29 is 15.0 Å². The van der Waals surface area contributed by atoms with Crippen molar-refractivity contribution in [3.8, 4) is 0 Å². The van der Waals surface area contributed by atoms with Crippen LogP contribution in [0.2, 0.25) is 0 Å². The van der Waals surface area contributed by atoms with Crippen LogP contribution in [0.4, 0.5) is 0 Å². The molecule has 0 bridgehead atoms. The van der Waals surface area contributed by atoms with Crippen LogP contribution in [0.15, 0.2) is 30.3 Å². The van der Waals surface area contributed by atoms with Crippen LogP contribution < -0.4 is 5.73 Å². The Hall–Kier alpha value is -1.04. The number of thioether (sulfide) groups is 1. The van der Waals surface area contributed by atoms with Crippen molar-refractivity contribution in [2.45, 2.75) is 12.1 Å². The van der Waals surface area contributed by atoms with E-state index in [1.165, 1.54) is 11.8 Å². The van der Waals surface area contributed by atoms with Gasteiger partial charge in [-0.05, 0) is 5.56 Å². The normalized spacial score (nSPS) is 14.4. The minimum atomic E-state index is -1.01. The van der Waals surface area contributed by atoms with Gasteiger partial charge in [0.2, 0.25) is 0 Å². The molecule has 1 unspecified atom stereocenters. The van der Waals surface area contributed by atoms with Crippen molar-refractivity contribution in [3.05, 3.63) is 35.9 Å². The zero-order valence-corrected chi connectivity index (χ0v) is 9.56. The quantitative estimate of drug-likeness (QED) is 0.688. The van der Waals surface area contributed by atoms with Gasteiger partial charge in [-0.2, -0.15) is 11.8 Å². The van der Waals surface area contributed by atoms with Crippen LogP contribution in [0.25, 0.3) is 0 Å². The summed E-state index contributed by atoms with van der Waals surface area (Å²) in [6, 6.07) is 8.39. The summed E-state index contributed by atoms with van der Waals surface area (Å²) in [6.07, 6.45) is -0.577. The average molecular weight is 241 g/mol. The van der Waals surface area contributed by atoms with E-state index in [1.54, 1.807) is 0 Å². The molecule has 0 aromatic heterocycles. The second kappa shape index (κ2) is 6.52. The van der Waals surface area contributed by atoms with Crippen molar-refractivity contribution in [1.82, 2.24) is 0 Å². The highest BCUT2D eigenvalue weighted by molar-refractivity contribution is 7.99. The highest BCUT2D eigenvalue weighted by Gasteiger charge is 2.13. The van der Waals surface area contributed by atoms with Gasteiger partial charge in [0, 0.05) is 11.5 Å². The molecule has 4 N–H and O–H groups in total. The molecule has 0 aliphatic rings. The van der Waals surface area contributed by atoms with E-state index < -0.39 is 18.1 Å². The molecule has 88 valence electrons. The topological polar surface area (TPSA) is 83.5 Å². The molecule has 1 aromatic carbocycles. The largest absolute Gasteiger partial charge is 0.480 e. The lowest BCUT2D eigenvalue weighted by atomic mass is 10.1. The van der Waals surface area contributed by atoms with Gasteiger partial charge in [-0.15, -0.1) is 0 Å². The fourth-order valence-electron chi connectivity index (χ4n) is 1.15. The molecule has 1 aromatic rings. The molecule has 0 saturated heterocycles. The second-order valence-corrected chi connectivity index (χ2v) is 4.48. The van der Waals surface area contributed by atoms with E-state index in [0.717, 1.165) is 5.56 Å². The van der Waals surface area contributed by atoms with E-state index in [4.69, 9.17) is 10.8 Å². The monoisotopic (exact) mass is 241 g/mol. The molecule has 0 aliphatic heterocycles. The van der Waals surface area contributed by atoms with Crippen LogP contribution in [0.1, 0.15) is 11.7 Å². The van der Waals surface area contributed by atoms with Gasteiger partial charge in [0.05, 0.1) is 6.10 Å². The highest BCUT2D eigenvalue weighted by atomic mass is 32.2. The summed E-state index contributed by atoms with van der Waals surface area (Å²) in [4.78, 5) is 10.4. The Kier molecular flexibility index (Phi) is 5.31. The van der Waals surface area contributed by atoms with Crippen molar-refractivity contribution in [2.24, 2.45) is 5.73 Å². The maximum Gasteiger partial charge on any atom is 0.321 e. The van der Waals surface area contributed by atoms with Crippen LogP contribution in [-0.4, -0.2) is 33.7 Å². The Bertz CT molecular complexity index is 331. The number of carboxylic acid groups (broad SMARTS) is 1. The molecule has 0 aliphatic carbocycles. The number of nitrogens with two attached hydrogens (primary N) is 1. The Labute approximate surface area is 98.5 Å². The Morgan fingerprint density at radius 1 is 1.31 bits per heavy atom. The standard InChI is InChI=1S/C11H15NO3S/c12-9(11(14)15)6-16-7-10(13)8-4-2-1-3-5-8/h1-5,9-10,13H,6-7,12H2,(H,14,15)/t9-,10?/m0/s1. The maximum atomic E-state index is 10.4. The predicted molar refractivity (Wildman–Crippen MR) is 64.3 cm³/mol. The lowest BCUT2D eigenvalue weighted by molar-refractivity contribution is -0.137. The molecule has 4 nitrogen and oxygen atoms in total. The van der Waals surface area contributed by atoms with Gasteiger partial charge in [0.15, 0.2) is 0 Å². The summed E-state index contributed by atoms with van der Waals surface area (Å²) in [7, 11) is 0. The first kappa shape index (κ1) is 13.0. The number of hydrogen-bond acceptors (Lipinski definition) is 4. The van der Waals surface area contributed by atoms with Crippen LogP contribution in [0.5, 0.6) is 0 Å². The fraction of sp³-hybridized carbons (Fsp3) is 0.364. The number of aliphatic carboxylic acids is 1. The van der Waals surface area contributed by atoms with Gasteiger partial charge in [-0.1, -0.05) is 30.3 Å². The van der Waals surface area contributed by atoms with Crippen molar-refractivity contribution in [3.63, 3.8) is 0 Å². The van der Waals surface area contributed by atoms with Crippen LogP contribution in [0, 0.1) is 0 Å². The zero-order chi connectivity index (χ0) is 12.0. The molecular weight excluding hydrogens is 226 g/mol. The highest BCUT2D eigenvalue weighted by Crippen LogP contribution is 2.17. The van der Waals surface area contributed by atoms with Crippen LogP contribution in [0.3, 0.4) is 0 Å². The smallest absolute Gasteiger partial charge is 0.321 e. The second-order valence-electron chi connectivity index (χ2n) is 3.41. The molecular formula is C11H15NO3S. The molecule has 1 rings (SSSR count). The third-order valence-corrected chi connectivity index (χ3v) is 3.22. The summed E-state index contributed by atoms with van der Waals surface area (Å²) >= 11 is 1.34. The number of aliphatic hydroxyl groups excluding tert-OH is 1. The van der Waals surface area contributed by atoms with E-state index in [9.17, 15) is 9.90 Å². The van der Waals surface area contributed by atoms with Crippen LogP contribution in [-0.2, 0) is 4.79 Å². The third kappa shape index (κ3) is 4.22. The number of hydrogen-bond donors (Lipinski definition) is 3. The molecule has 5 heteroatoms. The molecule has 0 saturated carbocycles. The summed E-state index contributed by atoms with van der Waals surface area (Å²) in [6.45, 7) is 0. The van der Waals surface area contributed by atoms with Crippen molar-refractivity contribution in [1.29, 1.82) is 0 Å². The lowest BCUT2D eigenvalue weighted by Gasteiger charge is -2.11. The third-order valence-electron chi connectivity index (χ3n) is 2.07. The van der Waals surface area contributed by atoms with E-state index in [0.29, 0.717) is 11.5 Å². The Morgan fingerprint density at radius 3 is 2.50 bits per heavy atom. The van der Waals surface area contributed by atoms with Crippen LogP contribution >= 0.6 is 11.8 Å². The minimum Gasteiger partial charge on any atom is -0.480 e. The van der Waals surface area contributed by atoms with Gasteiger partial charge in [-0.25, -0.2) is 0 Å². The minimum absolute atomic E-state index is 0.305. The van der Waals surface area contributed by atoms with Crippen molar-refractivity contribution >= 4 is 17.7 Å². The maximum absolute atomic E-state index is 10.4. The molecule has 0 fully saturated rings. The first-order valence-corrected chi connectivity index (χ1v) is 6.06. The SMILES string of the molecule is N[C@@H](CSCC(O)c1ccccc1)C(=O)O. The molecule has 0 heterocycles. The van der Waals surface area contributed by atoms with Crippen molar-refractivity contribution in [2.75, 3.05) is 11.5 Å². The van der Waals surface area contributed by atoms with E-state index in [1.807, 2.05) is 30.3 Å². The molecule has 16 heavy (non-hydrogen) atoms. The number of carboxylic acids is 1. The molecule has 2 atom stereocenters. The number of carbonyl (C=O) groups is 1. The molecule has 0 spiro atoms. The van der Waals surface area contributed by atoms with E-state index in [2.05, 4.69) is 0 Å². The van der Waals surface area contributed by atoms with Gasteiger partial charge in [-0.3, -0.25) is 4.79 Å². The number of rotatable bonds is 6. The van der Waals surface area contributed by atoms with Gasteiger partial charge in [0.25, 0.3) is 0 Å². The van der Waals surface area contributed by atoms with Gasteiger partial charge < -0.3 is 15.9 Å². The zero-order valence-electron chi connectivity index (χ0n) is 8.74. The summed E-state index contributed by atoms with van der Waals surface area (Å²) in [5.41, 5.74) is 6.17. The first-order chi connectivity index (χ1) is 7.61. The lowest BCUT2D eigenvalue weighted by Crippen LogP contribution is -2.32. The Balaban J connectivity index is 2.31. The first-order valence-electron chi connectivity index (χ1n) is 4.90. The van der Waals surface area contributed by atoms with Gasteiger partial charge >= 0.3 is 5.97 Å². The van der Waals surface area contributed by atoms with Gasteiger partial charge in [0.1, 0.15) is 6.04 Å². The Morgan fingerprint density at radius 2 is 1.94 bits per heavy atom. The van der Waals surface area contributed by atoms with E-state index >= 15 is 0 Å². The summed E-state index contributed by atoms with van der Waals surface area (Å²) < 4.78 is 0. The summed E-state index contributed by atoms with van der Waals surface area (Å²) in [5, 5.41) is 18.3.